The van der Waals surface area contributed by atoms with Crippen molar-refractivity contribution in [2.24, 2.45) is 0 Å². The lowest BCUT2D eigenvalue weighted by molar-refractivity contribution is -0.137. The molecule has 0 bridgehead atoms. The lowest BCUT2D eigenvalue weighted by Crippen LogP contribution is -2.15. The van der Waals surface area contributed by atoms with Gasteiger partial charge in [-0.15, -0.1) is 0 Å². The molecule has 5 heteroatoms. The molecule has 2 atom stereocenters. The zero-order chi connectivity index (χ0) is 14.5. The average Bonchev–Trinajstić information content (AvgIpc) is 2.35. The first-order valence-corrected chi connectivity index (χ1v) is 7.33. The topological polar surface area (TPSA) is 20.2 Å². The molecular formula is C14H19F3OS. The van der Waals surface area contributed by atoms with Crippen molar-refractivity contribution in [2.45, 2.75) is 44.2 Å². The van der Waals surface area contributed by atoms with Gasteiger partial charge in [0.15, 0.2) is 0 Å². The van der Waals surface area contributed by atoms with Gasteiger partial charge in [0.2, 0.25) is 0 Å². The molecule has 1 aromatic rings. The second kappa shape index (κ2) is 7.20. The highest BCUT2D eigenvalue weighted by Gasteiger charge is 2.29. The fourth-order valence-corrected chi connectivity index (χ4v) is 2.46. The Hall–Kier alpha value is -0.680. The first-order chi connectivity index (χ1) is 8.82. The Kier molecular flexibility index (Phi) is 6.20. The normalized spacial score (nSPS) is 15.3. The predicted molar refractivity (Wildman–Crippen MR) is 73.4 cm³/mol. The fourth-order valence-electron chi connectivity index (χ4n) is 1.55. The van der Waals surface area contributed by atoms with E-state index in [1.165, 1.54) is 12.1 Å². The van der Waals surface area contributed by atoms with Crippen LogP contribution in [0.5, 0.6) is 0 Å². The number of benzene rings is 1. The summed E-state index contributed by atoms with van der Waals surface area (Å²) < 4.78 is 37.1. The van der Waals surface area contributed by atoms with Gasteiger partial charge in [-0.1, -0.05) is 26.0 Å². The van der Waals surface area contributed by atoms with E-state index in [2.05, 4.69) is 13.8 Å². The van der Waals surface area contributed by atoms with Crippen LogP contribution in [-0.4, -0.2) is 22.2 Å². The summed E-state index contributed by atoms with van der Waals surface area (Å²) in [5.41, 5.74) is 0.0740. The van der Waals surface area contributed by atoms with Crippen LogP contribution in [0.1, 0.15) is 31.4 Å². The van der Waals surface area contributed by atoms with Crippen molar-refractivity contribution < 1.29 is 18.3 Å². The minimum atomic E-state index is -4.30. The molecule has 0 aromatic heterocycles. The number of hydrogen-bond acceptors (Lipinski definition) is 2. The van der Waals surface area contributed by atoms with Crippen LogP contribution in [0.3, 0.4) is 0 Å². The van der Waals surface area contributed by atoms with Crippen molar-refractivity contribution in [3.8, 4) is 0 Å². The number of hydrogen-bond donors (Lipinski definition) is 1. The molecule has 108 valence electrons. The fraction of sp³-hybridized carbons (Fsp3) is 0.571. The van der Waals surface area contributed by atoms with Crippen molar-refractivity contribution in [2.75, 3.05) is 5.75 Å². The van der Waals surface area contributed by atoms with Crippen molar-refractivity contribution in [1.82, 2.24) is 0 Å². The molecule has 1 nitrogen and oxygen atoms in total. The van der Waals surface area contributed by atoms with Gasteiger partial charge in [0.05, 0.1) is 11.7 Å². The zero-order valence-electron chi connectivity index (χ0n) is 11.1. The van der Waals surface area contributed by atoms with Crippen molar-refractivity contribution in [3.05, 3.63) is 35.4 Å². The molecule has 0 saturated heterocycles. The van der Waals surface area contributed by atoms with E-state index in [4.69, 9.17) is 0 Å². The van der Waals surface area contributed by atoms with Gasteiger partial charge in [0.25, 0.3) is 0 Å². The Morgan fingerprint density at radius 2 is 1.79 bits per heavy atom. The lowest BCUT2D eigenvalue weighted by atomic mass is 10.1. The number of halogens is 3. The summed E-state index contributed by atoms with van der Waals surface area (Å²) in [7, 11) is 0. The lowest BCUT2D eigenvalue weighted by Gasteiger charge is -2.14. The molecule has 0 fully saturated rings. The maximum Gasteiger partial charge on any atom is 0.416 e. The van der Waals surface area contributed by atoms with E-state index >= 15 is 0 Å². The number of aliphatic hydroxyl groups is 1. The van der Waals surface area contributed by atoms with E-state index in [-0.39, 0.29) is 0 Å². The molecule has 1 N–H and O–H groups in total. The van der Waals surface area contributed by atoms with Crippen molar-refractivity contribution in [3.63, 3.8) is 0 Å². The van der Waals surface area contributed by atoms with Crippen LogP contribution in [0.15, 0.2) is 24.3 Å². The van der Waals surface area contributed by atoms with Crippen LogP contribution in [0.25, 0.3) is 0 Å². The number of alkyl halides is 3. The van der Waals surface area contributed by atoms with Crippen LogP contribution in [0.2, 0.25) is 0 Å². The van der Waals surface area contributed by atoms with Gasteiger partial charge in [-0.2, -0.15) is 24.9 Å². The van der Waals surface area contributed by atoms with Gasteiger partial charge < -0.3 is 5.11 Å². The minimum absolute atomic E-state index is 0.390. The summed E-state index contributed by atoms with van der Waals surface area (Å²) in [6.07, 6.45) is -3.39. The summed E-state index contributed by atoms with van der Waals surface area (Å²) >= 11 is 1.68. The summed E-state index contributed by atoms with van der Waals surface area (Å²) in [6, 6.07) is 4.98. The average molecular weight is 292 g/mol. The van der Waals surface area contributed by atoms with E-state index < -0.39 is 17.8 Å². The van der Waals surface area contributed by atoms with Crippen LogP contribution in [0.4, 0.5) is 13.2 Å². The number of rotatable bonds is 6. The highest BCUT2D eigenvalue weighted by atomic mass is 32.2. The third-order valence-electron chi connectivity index (χ3n) is 2.90. The number of aliphatic hydroxyl groups excluding tert-OH is 1. The van der Waals surface area contributed by atoms with Crippen LogP contribution >= 0.6 is 11.8 Å². The summed E-state index contributed by atoms with van der Waals surface area (Å²) in [4.78, 5) is 0. The third-order valence-corrected chi connectivity index (χ3v) is 4.38. The molecule has 1 rings (SSSR count). The van der Waals surface area contributed by atoms with E-state index in [0.29, 0.717) is 17.4 Å². The van der Waals surface area contributed by atoms with E-state index in [0.717, 1.165) is 24.1 Å². The monoisotopic (exact) mass is 292 g/mol. The van der Waals surface area contributed by atoms with Gasteiger partial charge in [-0.25, -0.2) is 0 Å². The Balaban J connectivity index is 2.49. The molecule has 0 amide bonds. The smallest absolute Gasteiger partial charge is 0.392 e. The van der Waals surface area contributed by atoms with Crippen molar-refractivity contribution >= 4 is 11.8 Å². The second-order valence-electron chi connectivity index (χ2n) is 4.60. The highest BCUT2D eigenvalue weighted by molar-refractivity contribution is 7.99. The molecule has 19 heavy (non-hydrogen) atoms. The highest BCUT2D eigenvalue weighted by Crippen LogP contribution is 2.29. The van der Waals surface area contributed by atoms with Crippen LogP contribution < -0.4 is 0 Å². The summed E-state index contributed by atoms with van der Waals surface area (Å²) in [5, 5.41) is 10.3. The van der Waals surface area contributed by atoms with Gasteiger partial charge in [0.1, 0.15) is 0 Å². The Bertz CT molecular complexity index is 375. The third kappa shape index (κ3) is 5.87. The molecule has 1 aromatic carbocycles. The molecule has 0 aliphatic rings. The molecule has 0 radical (unpaired) electrons. The molecule has 0 spiro atoms. The maximum absolute atomic E-state index is 12.4. The van der Waals surface area contributed by atoms with Gasteiger partial charge in [-0.05, 0) is 30.5 Å². The van der Waals surface area contributed by atoms with Gasteiger partial charge >= 0.3 is 6.18 Å². The SMILES string of the molecule is CCC(C)SCC(O)Cc1ccc(C(F)(F)F)cc1. The number of thioether (sulfide) groups is 1. The maximum atomic E-state index is 12.4. The van der Waals surface area contributed by atoms with Gasteiger partial charge in [-0.3, -0.25) is 0 Å². The first kappa shape index (κ1) is 16.4. The van der Waals surface area contributed by atoms with E-state index in [1.54, 1.807) is 11.8 Å². The van der Waals surface area contributed by atoms with Crippen LogP contribution in [0, 0.1) is 0 Å². The summed E-state index contributed by atoms with van der Waals surface area (Å²) in [5.74, 6) is 0.607. The molecular weight excluding hydrogens is 273 g/mol. The molecule has 0 heterocycles. The largest absolute Gasteiger partial charge is 0.416 e. The molecule has 0 aliphatic carbocycles. The second-order valence-corrected chi connectivity index (χ2v) is 6.08. The van der Waals surface area contributed by atoms with Crippen LogP contribution in [-0.2, 0) is 12.6 Å². The van der Waals surface area contributed by atoms with Gasteiger partial charge in [0, 0.05) is 11.0 Å². The predicted octanol–water partition coefficient (Wildman–Crippen LogP) is 4.14. The Labute approximate surface area is 116 Å². The molecule has 0 saturated carbocycles. The molecule has 2 unspecified atom stereocenters. The quantitative estimate of drug-likeness (QED) is 0.850. The first-order valence-electron chi connectivity index (χ1n) is 6.28. The minimum Gasteiger partial charge on any atom is -0.392 e. The molecule has 0 aliphatic heterocycles. The summed E-state index contributed by atoms with van der Waals surface area (Å²) in [6.45, 7) is 4.18. The Morgan fingerprint density at radius 1 is 1.21 bits per heavy atom. The van der Waals surface area contributed by atoms with E-state index in [9.17, 15) is 18.3 Å². The zero-order valence-corrected chi connectivity index (χ0v) is 11.9. The Morgan fingerprint density at radius 3 is 2.26 bits per heavy atom. The van der Waals surface area contributed by atoms with E-state index in [1.807, 2.05) is 0 Å². The van der Waals surface area contributed by atoms with Crippen molar-refractivity contribution in [1.29, 1.82) is 0 Å². The standard InChI is InChI=1S/C14H19F3OS/c1-3-10(2)19-9-13(18)8-11-4-6-12(7-5-11)14(15,16)17/h4-7,10,13,18H,3,8-9H2,1-2H3.